The molecule has 0 saturated heterocycles. The number of fused-ring (bicyclic) bond motifs is 1. The lowest BCUT2D eigenvalue weighted by Crippen LogP contribution is -2.12. The van der Waals surface area contributed by atoms with Gasteiger partial charge in [0.05, 0.1) is 0 Å². The van der Waals surface area contributed by atoms with Crippen LogP contribution in [0, 0.1) is 6.92 Å². The Hall–Kier alpha value is -1.26. The molecule has 3 N–H and O–H groups in total. The molecule has 1 heterocycles. The van der Waals surface area contributed by atoms with E-state index < -0.39 is 0 Å². The summed E-state index contributed by atoms with van der Waals surface area (Å²) in [4.78, 5) is 0. The normalized spacial score (nSPS) is 15.2. The van der Waals surface area contributed by atoms with Gasteiger partial charge in [-0.25, -0.2) is 0 Å². The second-order valence-electron chi connectivity index (χ2n) is 4.03. The molecule has 1 aliphatic heterocycles. The van der Waals surface area contributed by atoms with E-state index in [0.29, 0.717) is 0 Å². The van der Waals surface area contributed by atoms with Crippen LogP contribution in [-0.2, 0) is 0 Å². The number of aliphatic hydroxyl groups excluding tert-OH is 1. The van der Waals surface area contributed by atoms with Crippen LogP contribution in [-0.4, -0.2) is 18.5 Å². The van der Waals surface area contributed by atoms with Gasteiger partial charge in [-0.3, -0.25) is 0 Å². The minimum Gasteiger partial charge on any atom is -0.454 e. The maximum Gasteiger partial charge on any atom is 0.231 e. The van der Waals surface area contributed by atoms with E-state index >= 15 is 0 Å². The molecule has 1 atom stereocenters. The maximum atomic E-state index is 8.79. The summed E-state index contributed by atoms with van der Waals surface area (Å²) in [5.74, 6) is 1.55. The Morgan fingerprint density at radius 2 is 2.06 bits per heavy atom. The lowest BCUT2D eigenvalue weighted by Gasteiger charge is -2.14. The van der Waals surface area contributed by atoms with Gasteiger partial charge >= 0.3 is 0 Å². The molecule has 0 aliphatic carbocycles. The molecule has 1 aromatic carbocycles. The molecule has 4 nitrogen and oxygen atoms in total. The van der Waals surface area contributed by atoms with Gasteiger partial charge in [0.25, 0.3) is 0 Å². The lowest BCUT2D eigenvalue weighted by atomic mass is 9.98. The summed E-state index contributed by atoms with van der Waals surface area (Å²) in [7, 11) is 0. The molecule has 0 bridgehead atoms. The van der Waals surface area contributed by atoms with Crippen LogP contribution in [0.4, 0.5) is 0 Å². The molecule has 1 aliphatic rings. The number of nitrogens with two attached hydrogens (primary N) is 1. The Morgan fingerprint density at radius 3 is 2.75 bits per heavy atom. The van der Waals surface area contributed by atoms with Gasteiger partial charge in [-0.15, -0.1) is 0 Å². The Labute approximate surface area is 95.0 Å². The number of ether oxygens (including phenoxy) is 2. The third-order valence-corrected chi connectivity index (χ3v) is 2.83. The molecule has 1 unspecified atom stereocenters. The molecule has 0 radical (unpaired) electrons. The molecule has 0 aromatic heterocycles. The van der Waals surface area contributed by atoms with E-state index in [4.69, 9.17) is 20.3 Å². The Bertz CT molecular complexity index is 379. The molecule has 0 spiro atoms. The van der Waals surface area contributed by atoms with Crippen molar-refractivity contribution in [2.45, 2.75) is 25.8 Å². The summed E-state index contributed by atoms with van der Waals surface area (Å²) < 4.78 is 10.6. The van der Waals surface area contributed by atoms with Gasteiger partial charge in [-0.1, -0.05) is 0 Å². The number of hydrogen-bond acceptors (Lipinski definition) is 4. The Balaban J connectivity index is 2.20. The molecular formula is C12H17NO3. The standard InChI is InChI=1S/C12H17NO3/c1-8-5-11-12(16-7-15-11)6-9(8)10(13)3-2-4-14/h5-6,10,14H,2-4,7,13H2,1H3. The second kappa shape index (κ2) is 4.72. The van der Waals surface area contributed by atoms with E-state index in [2.05, 4.69) is 0 Å². The summed E-state index contributed by atoms with van der Waals surface area (Å²) in [6, 6.07) is 3.84. The van der Waals surface area contributed by atoms with Gasteiger partial charge in [0.2, 0.25) is 6.79 Å². The van der Waals surface area contributed by atoms with E-state index in [-0.39, 0.29) is 19.4 Å². The fraction of sp³-hybridized carbons (Fsp3) is 0.500. The van der Waals surface area contributed by atoms with Crippen molar-refractivity contribution >= 4 is 0 Å². The quantitative estimate of drug-likeness (QED) is 0.811. The highest BCUT2D eigenvalue weighted by molar-refractivity contribution is 5.49. The number of aryl methyl sites for hydroxylation is 1. The van der Waals surface area contributed by atoms with Crippen LogP contribution in [0.15, 0.2) is 12.1 Å². The lowest BCUT2D eigenvalue weighted by molar-refractivity contribution is 0.174. The molecule has 0 fully saturated rings. The number of benzene rings is 1. The average Bonchev–Trinajstić information content (AvgIpc) is 2.71. The first kappa shape index (κ1) is 11.2. The largest absolute Gasteiger partial charge is 0.454 e. The highest BCUT2D eigenvalue weighted by Crippen LogP contribution is 2.36. The van der Waals surface area contributed by atoms with E-state index in [1.54, 1.807) is 0 Å². The molecule has 4 heteroatoms. The van der Waals surface area contributed by atoms with Crippen molar-refractivity contribution in [1.82, 2.24) is 0 Å². The predicted molar refractivity (Wildman–Crippen MR) is 60.6 cm³/mol. The van der Waals surface area contributed by atoms with Crippen molar-refractivity contribution in [2.24, 2.45) is 5.73 Å². The highest BCUT2D eigenvalue weighted by atomic mass is 16.7. The summed E-state index contributed by atoms with van der Waals surface area (Å²) in [5.41, 5.74) is 8.24. The van der Waals surface area contributed by atoms with Crippen LogP contribution in [0.1, 0.15) is 30.0 Å². The summed E-state index contributed by atoms with van der Waals surface area (Å²) in [6.45, 7) is 2.47. The van der Waals surface area contributed by atoms with Crippen LogP contribution < -0.4 is 15.2 Å². The number of rotatable bonds is 4. The first-order chi connectivity index (χ1) is 7.72. The van der Waals surface area contributed by atoms with Gasteiger partial charge in [0.1, 0.15) is 0 Å². The third kappa shape index (κ3) is 2.13. The molecule has 2 rings (SSSR count). The molecule has 1 aromatic rings. The van der Waals surface area contributed by atoms with Crippen LogP contribution in [0.2, 0.25) is 0 Å². The Kier molecular flexibility index (Phi) is 3.31. The zero-order chi connectivity index (χ0) is 11.5. The second-order valence-corrected chi connectivity index (χ2v) is 4.03. The fourth-order valence-electron chi connectivity index (χ4n) is 1.93. The van der Waals surface area contributed by atoms with Crippen LogP contribution in [0.25, 0.3) is 0 Å². The topological polar surface area (TPSA) is 64.7 Å². The third-order valence-electron chi connectivity index (χ3n) is 2.83. The van der Waals surface area contributed by atoms with Gasteiger partial charge in [0, 0.05) is 12.6 Å². The van der Waals surface area contributed by atoms with Crippen LogP contribution >= 0.6 is 0 Å². The molecule has 0 amide bonds. The minimum atomic E-state index is -0.0540. The van der Waals surface area contributed by atoms with E-state index in [1.165, 1.54) is 0 Å². The zero-order valence-electron chi connectivity index (χ0n) is 9.40. The maximum absolute atomic E-state index is 8.79. The smallest absolute Gasteiger partial charge is 0.231 e. The van der Waals surface area contributed by atoms with Crippen molar-refractivity contribution in [1.29, 1.82) is 0 Å². The molecular weight excluding hydrogens is 206 g/mol. The van der Waals surface area contributed by atoms with Gasteiger partial charge < -0.3 is 20.3 Å². The first-order valence-electron chi connectivity index (χ1n) is 5.49. The van der Waals surface area contributed by atoms with Crippen molar-refractivity contribution in [3.8, 4) is 11.5 Å². The number of aliphatic hydroxyl groups is 1. The SMILES string of the molecule is Cc1cc2c(cc1C(N)CCCO)OCO2. The van der Waals surface area contributed by atoms with Crippen molar-refractivity contribution in [2.75, 3.05) is 13.4 Å². The average molecular weight is 223 g/mol. The summed E-state index contributed by atoms with van der Waals surface area (Å²) in [5, 5.41) is 8.79. The Morgan fingerprint density at radius 1 is 1.38 bits per heavy atom. The molecule has 88 valence electrons. The molecule has 16 heavy (non-hydrogen) atoms. The first-order valence-corrected chi connectivity index (χ1v) is 5.49. The van der Waals surface area contributed by atoms with E-state index in [1.807, 2.05) is 19.1 Å². The fourth-order valence-corrected chi connectivity index (χ4v) is 1.93. The van der Waals surface area contributed by atoms with E-state index in [0.717, 1.165) is 35.5 Å². The van der Waals surface area contributed by atoms with Gasteiger partial charge in [-0.05, 0) is 43.0 Å². The highest BCUT2D eigenvalue weighted by Gasteiger charge is 2.18. The van der Waals surface area contributed by atoms with Crippen LogP contribution in [0.3, 0.4) is 0 Å². The summed E-state index contributed by atoms with van der Waals surface area (Å²) >= 11 is 0. The van der Waals surface area contributed by atoms with Gasteiger partial charge in [0.15, 0.2) is 11.5 Å². The van der Waals surface area contributed by atoms with Gasteiger partial charge in [-0.2, -0.15) is 0 Å². The zero-order valence-corrected chi connectivity index (χ0v) is 9.40. The minimum absolute atomic E-state index is 0.0540. The van der Waals surface area contributed by atoms with Crippen molar-refractivity contribution in [3.63, 3.8) is 0 Å². The van der Waals surface area contributed by atoms with Crippen LogP contribution in [0.5, 0.6) is 11.5 Å². The predicted octanol–water partition coefficient (Wildman–Crippen LogP) is 1.50. The van der Waals surface area contributed by atoms with Crippen molar-refractivity contribution in [3.05, 3.63) is 23.3 Å². The number of hydrogen-bond donors (Lipinski definition) is 2. The molecule has 0 saturated carbocycles. The summed E-state index contributed by atoms with van der Waals surface area (Å²) in [6.07, 6.45) is 1.49. The van der Waals surface area contributed by atoms with Crippen molar-refractivity contribution < 1.29 is 14.6 Å². The van der Waals surface area contributed by atoms with E-state index in [9.17, 15) is 0 Å². The monoisotopic (exact) mass is 223 g/mol.